The molecule has 0 spiro atoms. The van der Waals surface area contributed by atoms with Crippen molar-refractivity contribution in [2.75, 3.05) is 29.5 Å². The summed E-state index contributed by atoms with van der Waals surface area (Å²) in [4.78, 5) is 2.19. The van der Waals surface area contributed by atoms with Gasteiger partial charge in [-0.2, -0.15) is 11.8 Å². The Labute approximate surface area is 106 Å². The summed E-state index contributed by atoms with van der Waals surface area (Å²) in [5, 5.41) is 9.71. The van der Waals surface area contributed by atoms with Crippen molar-refractivity contribution >= 4 is 17.4 Å². The molecule has 0 amide bonds. The molecule has 1 fully saturated rings. The van der Waals surface area contributed by atoms with Crippen molar-refractivity contribution in [2.45, 2.75) is 19.4 Å². The third kappa shape index (κ3) is 2.93. The number of rotatable bonds is 2. The van der Waals surface area contributed by atoms with E-state index >= 15 is 0 Å². The van der Waals surface area contributed by atoms with E-state index in [1.54, 1.807) is 13.0 Å². The van der Waals surface area contributed by atoms with Gasteiger partial charge in [-0.25, -0.2) is 4.39 Å². The largest absolute Gasteiger partial charge is 0.389 e. The number of anilines is 1. The van der Waals surface area contributed by atoms with Gasteiger partial charge in [-0.05, 0) is 31.2 Å². The first-order valence-corrected chi connectivity index (χ1v) is 7.15. The van der Waals surface area contributed by atoms with Gasteiger partial charge in [-0.1, -0.05) is 6.07 Å². The van der Waals surface area contributed by atoms with Crippen LogP contribution in [0.2, 0.25) is 0 Å². The molecule has 0 saturated carbocycles. The Balaban J connectivity index is 2.32. The first-order valence-electron chi connectivity index (χ1n) is 5.99. The lowest BCUT2D eigenvalue weighted by molar-refractivity contribution is 0.194. The molecule has 0 radical (unpaired) electrons. The second kappa shape index (κ2) is 5.74. The van der Waals surface area contributed by atoms with Gasteiger partial charge in [-0.15, -0.1) is 0 Å². The van der Waals surface area contributed by atoms with Crippen LogP contribution in [-0.4, -0.2) is 29.7 Å². The topological polar surface area (TPSA) is 23.5 Å². The minimum atomic E-state index is -0.762. The number of hydrogen-bond acceptors (Lipinski definition) is 3. The van der Waals surface area contributed by atoms with Crippen LogP contribution in [0.5, 0.6) is 0 Å². The summed E-state index contributed by atoms with van der Waals surface area (Å²) >= 11 is 1.93. The fourth-order valence-electron chi connectivity index (χ4n) is 2.20. The molecule has 1 heterocycles. The van der Waals surface area contributed by atoms with E-state index in [1.807, 2.05) is 17.8 Å². The van der Waals surface area contributed by atoms with Crippen molar-refractivity contribution < 1.29 is 9.50 Å². The molecule has 1 aliphatic heterocycles. The Hall–Kier alpha value is -0.740. The zero-order valence-electron chi connectivity index (χ0n) is 10.0. The lowest BCUT2D eigenvalue weighted by Gasteiger charge is -2.26. The van der Waals surface area contributed by atoms with Crippen molar-refractivity contribution in [3.63, 3.8) is 0 Å². The predicted octanol–water partition coefficient (Wildman–Crippen LogP) is 2.82. The molecule has 4 heteroatoms. The Bertz CT molecular complexity index is 376. The number of benzene rings is 1. The van der Waals surface area contributed by atoms with E-state index in [4.69, 9.17) is 0 Å². The number of hydrogen-bond donors (Lipinski definition) is 1. The molecule has 2 nitrogen and oxygen atoms in total. The molecular formula is C13H18FNOS. The third-order valence-electron chi connectivity index (χ3n) is 3.01. The molecule has 94 valence electrons. The third-order valence-corrected chi connectivity index (χ3v) is 4.06. The van der Waals surface area contributed by atoms with Gasteiger partial charge in [0, 0.05) is 30.1 Å². The second-order valence-corrected chi connectivity index (χ2v) is 5.53. The van der Waals surface area contributed by atoms with Crippen molar-refractivity contribution in [1.82, 2.24) is 0 Å². The molecule has 1 aliphatic rings. The number of halogens is 1. The van der Waals surface area contributed by atoms with Crippen molar-refractivity contribution in [1.29, 1.82) is 0 Å². The summed E-state index contributed by atoms with van der Waals surface area (Å²) in [5.74, 6) is 1.92. The van der Waals surface area contributed by atoms with E-state index in [1.165, 1.54) is 6.07 Å². The Kier molecular flexibility index (Phi) is 4.29. The zero-order chi connectivity index (χ0) is 12.3. The molecule has 1 saturated heterocycles. The van der Waals surface area contributed by atoms with Crippen LogP contribution in [0, 0.1) is 5.82 Å². The van der Waals surface area contributed by atoms with Crippen LogP contribution >= 0.6 is 11.8 Å². The maximum atomic E-state index is 13.8. The first kappa shape index (κ1) is 12.7. The average Bonchev–Trinajstić information content (AvgIpc) is 2.56. The van der Waals surface area contributed by atoms with Gasteiger partial charge in [0.25, 0.3) is 0 Å². The number of aliphatic hydroxyl groups excluding tert-OH is 1. The van der Waals surface area contributed by atoms with Crippen LogP contribution < -0.4 is 4.90 Å². The van der Waals surface area contributed by atoms with Crippen LogP contribution in [0.4, 0.5) is 10.1 Å². The van der Waals surface area contributed by atoms with Gasteiger partial charge in [0.2, 0.25) is 0 Å². The molecule has 1 aromatic carbocycles. The quantitative estimate of drug-likeness (QED) is 0.879. The number of aliphatic hydroxyl groups is 1. The number of nitrogens with zero attached hydrogens (tertiary/aromatic N) is 1. The van der Waals surface area contributed by atoms with E-state index in [2.05, 4.69) is 4.90 Å². The highest BCUT2D eigenvalue weighted by Crippen LogP contribution is 2.30. The maximum absolute atomic E-state index is 13.8. The van der Waals surface area contributed by atoms with Crippen LogP contribution in [0.3, 0.4) is 0 Å². The fraction of sp³-hybridized carbons (Fsp3) is 0.538. The van der Waals surface area contributed by atoms with Crippen LogP contribution in [-0.2, 0) is 0 Å². The van der Waals surface area contributed by atoms with Gasteiger partial charge in [-0.3, -0.25) is 0 Å². The zero-order valence-corrected chi connectivity index (χ0v) is 10.8. The SMILES string of the molecule is C[C@@H](O)c1c(F)cccc1N1CCCSCC1. The Morgan fingerprint density at radius 2 is 2.18 bits per heavy atom. The Morgan fingerprint density at radius 1 is 1.35 bits per heavy atom. The van der Waals surface area contributed by atoms with Gasteiger partial charge in [0.1, 0.15) is 5.82 Å². The van der Waals surface area contributed by atoms with Gasteiger partial charge >= 0.3 is 0 Å². The molecule has 17 heavy (non-hydrogen) atoms. The summed E-state index contributed by atoms with van der Waals surface area (Å²) in [6, 6.07) is 5.04. The summed E-state index contributed by atoms with van der Waals surface area (Å²) in [5.41, 5.74) is 1.28. The summed E-state index contributed by atoms with van der Waals surface area (Å²) in [6.07, 6.45) is 0.350. The average molecular weight is 255 g/mol. The van der Waals surface area contributed by atoms with Gasteiger partial charge in [0.05, 0.1) is 6.10 Å². The molecule has 0 unspecified atom stereocenters. The summed E-state index contributed by atoms with van der Waals surface area (Å²) < 4.78 is 13.8. The van der Waals surface area contributed by atoms with Crippen molar-refractivity contribution in [2.24, 2.45) is 0 Å². The normalized spacial score (nSPS) is 18.9. The van der Waals surface area contributed by atoms with Crippen LogP contribution in [0.25, 0.3) is 0 Å². The molecule has 0 aliphatic carbocycles. The molecule has 1 aromatic rings. The van der Waals surface area contributed by atoms with E-state index in [0.29, 0.717) is 5.56 Å². The summed E-state index contributed by atoms with van der Waals surface area (Å²) in [6.45, 7) is 3.48. The molecular weight excluding hydrogens is 237 g/mol. The highest BCUT2D eigenvalue weighted by Gasteiger charge is 2.19. The van der Waals surface area contributed by atoms with E-state index < -0.39 is 6.10 Å². The molecule has 1 N–H and O–H groups in total. The maximum Gasteiger partial charge on any atom is 0.131 e. The van der Waals surface area contributed by atoms with Gasteiger partial charge in [0.15, 0.2) is 0 Å². The highest BCUT2D eigenvalue weighted by molar-refractivity contribution is 7.99. The smallest absolute Gasteiger partial charge is 0.131 e. The minimum Gasteiger partial charge on any atom is -0.389 e. The lowest BCUT2D eigenvalue weighted by Crippen LogP contribution is -2.27. The molecule has 0 bridgehead atoms. The monoisotopic (exact) mass is 255 g/mol. The predicted molar refractivity (Wildman–Crippen MR) is 71.2 cm³/mol. The first-order chi connectivity index (χ1) is 8.20. The van der Waals surface area contributed by atoms with E-state index in [0.717, 1.165) is 36.7 Å². The van der Waals surface area contributed by atoms with Crippen LogP contribution in [0.15, 0.2) is 18.2 Å². The van der Waals surface area contributed by atoms with Crippen LogP contribution in [0.1, 0.15) is 25.0 Å². The van der Waals surface area contributed by atoms with Crippen molar-refractivity contribution in [3.05, 3.63) is 29.6 Å². The standard InChI is InChI=1S/C13H18FNOS/c1-10(16)13-11(14)4-2-5-12(13)15-6-3-8-17-9-7-15/h2,4-5,10,16H,3,6-9H2,1H3/t10-/m1/s1. The lowest BCUT2D eigenvalue weighted by atomic mass is 10.1. The summed E-state index contributed by atoms with van der Waals surface area (Å²) in [7, 11) is 0. The molecule has 2 rings (SSSR count). The molecule has 1 atom stereocenters. The minimum absolute atomic E-state index is 0.311. The fourth-order valence-corrected chi connectivity index (χ4v) is 3.09. The number of thioether (sulfide) groups is 1. The van der Waals surface area contributed by atoms with E-state index in [9.17, 15) is 9.50 Å². The van der Waals surface area contributed by atoms with Crippen molar-refractivity contribution in [3.8, 4) is 0 Å². The molecule has 0 aromatic heterocycles. The van der Waals surface area contributed by atoms with Gasteiger partial charge < -0.3 is 10.0 Å². The highest BCUT2D eigenvalue weighted by atomic mass is 32.2. The second-order valence-electron chi connectivity index (χ2n) is 4.30. The van der Waals surface area contributed by atoms with E-state index in [-0.39, 0.29) is 5.82 Å². The Morgan fingerprint density at radius 3 is 2.94 bits per heavy atom.